The van der Waals surface area contributed by atoms with Crippen LogP contribution in [-0.2, 0) is 6.54 Å². The van der Waals surface area contributed by atoms with Gasteiger partial charge in [-0.25, -0.2) is 4.98 Å². The minimum atomic E-state index is 0.0129. The molecule has 0 saturated carbocycles. The summed E-state index contributed by atoms with van der Waals surface area (Å²) in [5.74, 6) is 1.91. The quantitative estimate of drug-likeness (QED) is 0.518. The summed E-state index contributed by atoms with van der Waals surface area (Å²) in [6, 6.07) is 8.28. The van der Waals surface area contributed by atoms with Gasteiger partial charge >= 0.3 is 0 Å². The first-order valence-electron chi connectivity index (χ1n) is 7.81. The fraction of sp³-hybridized carbons (Fsp3) is 0.529. The monoisotopic (exact) mass is 301 g/mol. The van der Waals surface area contributed by atoms with Crippen molar-refractivity contribution >= 4 is 17.0 Å². The van der Waals surface area contributed by atoms with Crippen LogP contribution in [0.25, 0.3) is 11.0 Å². The van der Waals surface area contributed by atoms with E-state index in [1.807, 2.05) is 6.07 Å². The Hall–Kier alpha value is -2.04. The Kier molecular flexibility index (Phi) is 5.06. The predicted octanol–water partition coefficient (Wildman–Crippen LogP) is 2.70. The highest BCUT2D eigenvalue weighted by atomic mass is 15.2. The molecular weight excluding hydrogens is 274 g/mol. The van der Waals surface area contributed by atoms with Gasteiger partial charge in [0.25, 0.3) is 0 Å². The van der Waals surface area contributed by atoms with Gasteiger partial charge in [-0.3, -0.25) is 4.99 Å². The third-order valence-electron chi connectivity index (χ3n) is 3.41. The van der Waals surface area contributed by atoms with Crippen molar-refractivity contribution in [1.29, 1.82) is 0 Å². The molecule has 120 valence electrons. The Morgan fingerprint density at radius 3 is 2.68 bits per heavy atom. The lowest BCUT2D eigenvalue weighted by atomic mass is 10.1. The zero-order valence-electron chi connectivity index (χ0n) is 14.3. The van der Waals surface area contributed by atoms with E-state index in [0.717, 1.165) is 36.8 Å². The van der Waals surface area contributed by atoms with E-state index in [1.54, 1.807) is 7.05 Å². The summed E-state index contributed by atoms with van der Waals surface area (Å²) in [6.07, 6.45) is 1.02. The van der Waals surface area contributed by atoms with Crippen molar-refractivity contribution < 1.29 is 0 Å². The number of hydrogen-bond donors (Lipinski definition) is 2. The summed E-state index contributed by atoms with van der Waals surface area (Å²) in [6.45, 7) is 10.3. The molecule has 2 aromatic rings. The second-order valence-corrected chi connectivity index (χ2v) is 6.53. The summed E-state index contributed by atoms with van der Waals surface area (Å²) in [5.41, 5.74) is 2.29. The van der Waals surface area contributed by atoms with Crippen LogP contribution in [0.3, 0.4) is 0 Å². The van der Waals surface area contributed by atoms with Crippen LogP contribution in [0.1, 0.15) is 33.0 Å². The van der Waals surface area contributed by atoms with Gasteiger partial charge in [-0.05, 0) is 46.2 Å². The van der Waals surface area contributed by atoms with E-state index < -0.39 is 0 Å². The number of aryl methyl sites for hydroxylation is 2. The van der Waals surface area contributed by atoms with Crippen molar-refractivity contribution in [2.45, 2.75) is 46.2 Å². The third-order valence-corrected chi connectivity index (χ3v) is 3.41. The molecule has 0 radical (unpaired) electrons. The summed E-state index contributed by atoms with van der Waals surface area (Å²) >= 11 is 0. The van der Waals surface area contributed by atoms with Crippen LogP contribution in [0.15, 0.2) is 29.3 Å². The number of imidazole rings is 1. The van der Waals surface area contributed by atoms with Crippen molar-refractivity contribution in [2.24, 2.45) is 4.99 Å². The Morgan fingerprint density at radius 2 is 2.00 bits per heavy atom. The molecule has 2 rings (SSSR count). The molecule has 0 aliphatic rings. The van der Waals surface area contributed by atoms with Crippen LogP contribution in [-0.4, -0.2) is 34.6 Å². The molecule has 5 nitrogen and oxygen atoms in total. The standard InChI is InChI=1S/C17H27N5/c1-13-20-14-9-6-7-10-15(14)22(13)12-8-11-19-16(18-5)21-17(2,3)4/h6-7,9-10H,8,11-12H2,1-5H3,(H2,18,19,21). The van der Waals surface area contributed by atoms with Gasteiger partial charge in [-0.2, -0.15) is 0 Å². The molecule has 2 N–H and O–H groups in total. The maximum absolute atomic E-state index is 4.60. The molecule has 22 heavy (non-hydrogen) atoms. The van der Waals surface area contributed by atoms with E-state index in [2.05, 4.69) is 71.1 Å². The number of nitrogens with zero attached hydrogens (tertiary/aromatic N) is 3. The van der Waals surface area contributed by atoms with Gasteiger partial charge in [-0.1, -0.05) is 12.1 Å². The molecule has 1 aromatic carbocycles. The highest BCUT2D eigenvalue weighted by Gasteiger charge is 2.11. The van der Waals surface area contributed by atoms with E-state index in [0.29, 0.717) is 0 Å². The third kappa shape index (κ3) is 4.23. The lowest BCUT2D eigenvalue weighted by Crippen LogP contribution is -2.47. The molecule has 0 aliphatic carbocycles. The SMILES string of the molecule is CN=C(NCCCn1c(C)nc2ccccc21)NC(C)(C)C. The van der Waals surface area contributed by atoms with Gasteiger partial charge in [0.1, 0.15) is 5.82 Å². The molecule has 0 bridgehead atoms. The minimum absolute atomic E-state index is 0.0129. The highest BCUT2D eigenvalue weighted by molar-refractivity contribution is 5.80. The molecule has 1 aromatic heterocycles. The number of guanidine groups is 1. The van der Waals surface area contributed by atoms with Crippen molar-refractivity contribution in [1.82, 2.24) is 20.2 Å². The van der Waals surface area contributed by atoms with Gasteiger partial charge in [0.2, 0.25) is 0 Å². The maximum atomic E-state index is 4.60. The fourth-order valence-corrected chi connectivity index (χ4v) is 2.46. The van der Waals surface area contributed by atoms with Crippen molar-refractivity contribution in [2.75, 3.05) is 13.6 Å². The lowest BCUT2D eigenvalue weighted by molar-refractivity contribution is 0.499. The van der Waals surface area contributed by atoms with Crippen molar-refractivity contribution in [3.63, 3.8) is 0 Å². The maximum Gasteiger partial charge on any atom is 0.191 e. The Bertz CT molecular complexity index is 649. The number of nitrogens with one attached hydrogen (secondary N) is 2. The number of para-hydroxylation sites is 2. The number of rotatable bonds is 4. The van der Waals surface area contributed by atoms with Crippen LogP contribution in [0.4, 0.5) is 0 Å². The zero-order chi connectivity index (χ0) is 16.2. The Labute approximate surface area is 132 Å². The Morgan fingerprint density at radius 1 is 1.27 bits per heavy atom. The second-order valence-electron chi connectivity index (χ2n) is 6.53. The number of aliphatic imine (C=N–C) groups is 1. The minimum Gasteiger partial charge on any atom is -0.356 e. The molecule has 0 atom stereocenters. The average Bonchev–Trinajstić information content (AvgIpc) is 2.77. The summed E-state index contributed by atoms with van der Waals surface area (Å²) in [5, 5.41) is 6.72. The van der Waals surface area contributed by atoms with Crippen molar-refractivity contribution in [3.8, 4) is 0 Å². The van der Waals surface area contributed by atoms with Gasteiger partial charge in [0, 0.05) is 25.7 Å². The lowest BCUT2D eigenvalue weighted by Gasteiger charge is -2.23. The molecule has 5 heteroatoms. The molecule has 0 unspecified atom stereocenters. The first kappa shape index (κ1) is 16.3. The number of fused-ring (bicyclic) bond motifs is 1. The number of benzene rings is 1. The van der Waals surface area contributed by atoms with E-state index >= 15 is 0 Å². The summed E-state index contributed by atoms with van der Waals surface area (Å²) < 4.78 is 2.27. The molecule has 1 heterocycles. The molecular formula is C17H27N5. The smallest absolute Gasteiger partial charge is 0.191 e. The average molecular weight is 301 g/mol. The molecule has 0 spiro atoms. The number of hydrogen-bond acceptors (Lipinski definition) is 2. The van der Waals surface area contributed by atoms with E-state index in [-0.39, 0.29) is 5.54 Å². The summed E-state index contributed by atoms with van der Waals surface area (Å²) in [4.78, 5) is 8.85. The number of aromatic nitrogens is 2. The Balaban J connectivity index is 1.89. The van der Waals surface area contributed by atoms with Gasteiger partial charge in [0.15, 0.2) is 5.96 Å². The topological polar surface area (TPSA) is 54.2 Å². The highest BCUT2D eigenvalue weighted by Crippen LogP contribution is 2.15. The van der Waals surface area contributed by atoms with Crippen LogP contribution in [0.2, 0.25) is 0 Å². The predicted molar refractivity (Wildman–Crippen MR) is 93.3 cm³/mol. The first-order valence-corrected chi connectivity index (χ1v) is 7.81. The normalized spacial score (nSPS) is 12.7. The molecule has 0 saturated heterocycles. The molecule has 0 aliphatic heterocycles. The summed E-state index contributed by atoms with van der Waals surface area (Å²) in [7, 11) is 1.80. The van der Waals surface area contributed by atoms with Crippen LogP contribution in [0, 0.1) is 6.92 Å². The van der Waals surface area contributed by atoms with Crippen LogP contribution >= 0.6 is 0 Å². The first-order chi connectivity index (χ1) is 10.4. The van der Waals surface area contributed by atoms with Gasteiger partial charge in [0.05, 0.1) is 11.0 Å². The fourth-order valence-electron chi connectivity index (χ4n) is 2.46. The largest absolute Gasteiger partial charge is 0.356 e. The second kappa shape index (κ2) is 6.81. The van der Waals surface area contributed by atoms with Crippen LogP contribution < -0.4 is 10.6 Å². The van der Waals surface area contributed by atoms with E-state index in [4.69, 9.17) is 0 Å². The molecule has 0 amide bonds. The van der Waals surface area contributed by atoms with E-state index in [1.165, 1.54) is 5.52 Å². The molecule has 0 fully saturated rings. The van der Waals surface area contributed by atoms with Crippen LogP contribution in [0.5, 0.6) is 0 Å². The zero-order valence-corrected chi connectivity index (χ0v) is 14.3. The van der Waals surface area contributed by atoms with Gasteiger partial charge < -0.3 is 15.2 Å². The van der Waals surface area contributed by atoms with E-state index in [9.17, 15) is 0 Å². The van der Waals surface area contributed by atoms with Gasteiger partial charge in [-0.15, -0.1) is 0 Å². The van der Waals surface area contributed by atoms with Crippen molar-refractivity contribution in [3.05, 3.63) is 30.1 Å².